The quantitative estimate of drug-likeness (QED) is 0.222. The van der Waals surface area contributed by atoms with Crippen LogP contribution >= 0.6 is 15.9 Å². The topological polar surface area (TPSA) is 52.0 Å². The number of nitrogens with zero attached hydrogens (tertiary/aromatic N) is 4. The maximum atomic E-state index is 8.54. The molecule has 126 valence electrons. The second-order valence-electron chi connectivity index (χ2n) is 5.31. The van der Waals surface area contributed by atoms with E-state index in [1.54, 1.807) is 0 Å². The monoisotopic (exact) mass is 394 g/mol. The Balaban J connectivity index is 1.99. The molecule has 5 heteroatoms. The zero-order valence-corrected chi connectivity index (χ0v) is 15.4. The van der Waals surface area contributed by atoms with Crippen LogP contribution in [0.25, 0.3) is 16.5 Å². The molecule has 0 atom stereocenters. The largest absolute Gasteiger partial charge is 0.364 e. The molecule has 2 aromatic rings. The van der Waals surface area contributed by atoms with Crippen LogP contribution < -0.4 is 4.90 Å². The van der Waals surface area contributed by atoms with E-state index in [1.807, 2.05) is 54.6 Å². The van der Waals surface area contributed by atoms with Crippen LogP contribution in [0.5, 0.6) is 0 Å². The van der Waals surface area contributed by atoms with E-state index < -0.39 is 0 Å². The number of hydrogen-bond donors (Lipinski definition) is 0. The molecule has 0 saturated heterocycles. The van der Waals surface area contributed by atoms with E-state index in [1.165, 1.54) is 0 Å². The second-order valence-corrected chi connectivity index (χ2v) is 6.23. The van der Waals surface area contributed by atoms with E-state index in [2.05, 4.69) is 61.7 Å². The fourth-order valence-electron chi connectivity index (χ4n) is 2.22. The van der Waals surface area contributed by atoms with Crippen molar-refractivity contribution in [2.75, 3.05) is 18.0 Å². The zero-order valence-electron chi connectivity index (χ0n) is 13.8. The molecule has 0 heterocycles. The van der Waals surface area contributed by atoms with Gasteiger partial charge < -0.3 is 4.90 Å². The Hall–Kier alpha value is -2.75. The van der Waals surface area contributed by atoms with Gasteiger partial charge in [-0.25, -0.2) is 0 Å². The predicted molar refractivity (Wildman–Crippen MR) is 109 cm³/mol. The minimum atomic E-state index is 0.481. The molecule has 0 aromatic heterocycles. The van der Waals surface area contributed by atoms with E-state index in [9.17, 15) is 0 Å². The number of hydrogen-bond acceptors (Lipinski definition) is 2. The Labute approximate surface area is 156 Å². The van der Waals surface area contributed by atoms with Gasteiger partial charge >= 0.3 is 0 Å². The van der Waals surface area contributed by atoms with E-state index in [0.29, 0.717) is 18.8 Å². The van der Waals surface area contributed by atoms with Crippen LogP contribution in [0.1, 0.15) is 5.56 Å². The molecule has 0 fully saturated rings. The van der Waals surface area contributed by atoms with Crippen molar-refractivity contribution in [3.8, 4) is 0 Å². The van der Waals surface area contributed by atoms with Gasteiger partial charge in [-0.3, -0.25) is 0 Å². The molecule has 2 rings (SSSR count). The number of allylic oxidation sites excluding steroid dienone is 2. The van der Waals surface area contributed by atoms with Crippen LogP contribution in [0.15, 0.2) is 94.7 Å². The highest BCUT2D eigenvalue weighted by Crippen LogP contribution is 2.15. The summed E-state index contributed by atoms with van der Waals surface area (Å²) in [5.41, 5.74) is 11.2. The number of azide groups is 1. The lowest BCUT2D eigenvalue weighted by Crippen LogP contribution is -2.25. The molecule has 0 aliphatic heterocycles. The molecule has 0 spiro atoms. The standard InChI is InChI=1S/C20H19BrN4/c1-17(23-24-22)16-25(20-9-5-2-6-10-20)15-7-3-4-8-18-11-13-19(21)14-12-18/h2-14H,1,15-16H2/b7-3+,8-4+. The Morgan fingerprint density at radius 3 is 2.52 bits per heavy atom. The number of rotatable bonds is 8. The summed E-state index contributed by atoms with van der Waals surface area (Å²) >= 11 is 3.43. The summed E-state index contributed by atoms with van der Waals surface area (Å²) in [5, 5.41) is 3.58. The van der Waals surface area contributed by atoms with Crippen LogP contribution in [0, 0.1) is 0 Å². The van der Waals surface area contributed by atoms with Gasteiger partial charge in [-0.1, -0.05) is 82.3 Å². The smallest absolute Gasteiger partial charge is 0.0452 e. The summed E-state index contributed by atoms with van der Waals surface area (Å²) in [6.45, 7) is 4.97. The van der Waals surface area contributed by atoms with Gasteiger partial charge in [0, 0.05) is 33.9 Å². The fraction of sp³-hybridized carbons (Fsp3) is 0.100. The van der Waals surface area contributed by atoms with Gasteiger partial charge in [-0.15, -0.1) is 0 Å². The lowest BCUT2D eigenvalue weighted by molar-refractivity contribution is 0.910. The van der Waals surface area contributed by atoms with Gasteiger partial charge in [0.1, 0.15) is 0 Å². The van der Waals surface area contributed by atoms with Crippen LogP contribution in [-0.4, -0.2) is 13.1 Å². The summed E-state index contributed by atoms with van der Waals surface area (Å²) in [6.07, 6.45) is 8.13. The Bertz CT molecular complexity index is 788. The minimum absolute atomic E-state index is 0.481. The third-order valence-electron chi connectivity index (χ3n) is 3.41. The number of anilines is 1. The molecule has 2 aromatic carbocycles. The average Bonchev–Trinajstić information content (AvgIpc) is 2.63. The van der Waals surface area contributed by atoms with Gasteiger partial charge in [0.15, 0.2) is 0 Å². The number of halogens is 1. The summed E-state index contributed by atoms with van der Waals surface area (Å²) in [6, 6.07) is 18.1. The van der Waals surface area contributed by atoms with Crippen molar-refractivity contribution in [1.29, 1.82) is 0 Å². The third kappa shape index (κ3) is 6.71. The van der Waals surface area contributed by atoms with E-state index in [-0.39, 0.29) is 0 Å². The average molecular weight is 395 g/mol. The summed E-state index contributed by atoms with van der Waals surface area (Å²) < 4.78 is 1.07. The Morgan fingerprint density at radius 2 is 1.84 bits per heavy atom. The second kappa shape index (κ2) is 10.2. The lowest BCUT2D eigenvalue weighted by Gasteiger charge is -2.23. The van der Waals surface area contributed by atoms with Crippen molar-refractivity contribution in [2.24, 2.45) is 5.11 Å². The van der Waals surface area contributed by atoms with E-state index >= 15 is 0 Å². The zero-order chi connectivity index (χ0) is 17.9. The first-order valence-corrected chi connectivity index (χ1v) is 8.60. The van der Waals surface area contributed by atoms with Gasteiger partial charge in [0.2, 0.25) is 0 Å². The Kier molecular flexibility index (Phi) is 7.57. The van der Waals surface area contributed by atoms with Crippen LogP contribution in [0.2, 0.25) is 0 Å². The van der Waals surface area contributed by atoms with Gasteiger partial charge in [0.05, 0.1) is 0 Å². The summed E-state index contributed by atoms with van der Waals surface area (Å²) in [7, 11) is 0. The highest BCUT2D eigenvalue weighted by molar-refractivity contribution is 9.10. The van der Waals surface area contributed by atoms with Gasteiger partial charge in [-0.2, -0.15) is 0 Å². The molecule has 25 heavy (non-hydrogen) atoms. The highest BCUT2D eigenvalue weighted by Gasteiger charge is 2.05. The molecule has 0 bridgehead atoms. The molecular formula is C20H19BrN4. The normalized spacial score (nSPS) is 10.8. The van der Waals surface area contributed by atoms with Crippen molar-refractivity contribution in [2.45, 2.75) is 0 Å². The SMILES string of the molecule is C=C(CN(C/C=C/C=C/c1ccc(Br)cc1)c1ccccc1)N=[N+]=[N-]. The van der Waals surface area contributed by atoms with Crippen LogP contribution in [0.3, 0.4) is 0 Å². The minimum Gasteiger partial charge on any atom is -0.364 e. The first-order valence-electron chi connectivity index (χ1n) is 7.80. The van der Waals surface area contributed by atoms with Crippen molar-refractivity contribution < 1.29 is 0 Å². The molecule has 0 amide bonds. The van der Waals surface area contributed by atoms with Crippen molar-refractivity contribution in [3.63, 3.8) is 0 Å². The predicted octanol–water partition coefficient (Wildman–Crippen LogP) is 6.35. The molecule has 4 nitrogen and oxygen atoms in total. The maximum Gasteiger partial charge on any atom is 0.0452 e. The van der Waals surface area contributed by atoms with Crippen molar-refractivity contribution >= 4 is 27.7 Å². The summed E-state index contributed by atoms with van der Waals surface area (Å²) in [5.74, 6) is 0. The molecule has 0 radical (unpaired) electrons. The Morgan fingerprint density at radius 1 is 1.12 bits per heavy atom. The number of para-hydroxylation sites is 1. The van der Waals surface area contributed by atoms with E-state index in [4.69, 9.17) is 5.53 Å². The van der Waals surface area contributed by atoms with Crippen molar-refractivity contribution in [1.82, 2.24) is 0 Å². The number of benzene rings is 2. The first kappa shape index (κ1) is 18.6. The lowest BCUT2D eigenvalue weighted by atomic mass is 10.2. The maximum absolute atomic E-state index is 8.54. The molecule has 0 aliphatic rings. The van der Waals surface area contributed by atoms with Crippen molar-refractivity contribution in [3.05, 3.63) is 106 Å². The highest BCUT2D eigenvalue weighted by atomic mass is 79.9. The summed E-state index contributed by atoms with van der Waals surface area (Å²) in [4.78, 5) is 4.90. The molecular weight excluding hydrogens is 376 g/mol. The molecule has 0 unspecified atom stereocenters. The molecule has 0 saturated carbocycles. The van der Waals surface area contributed by atoms with Gasteiger partial charge in [0.25, 0.3) is 0 Å². The van der Waals surface area contributed by atoms with E-state index in [0.717, 1.165) is 15.7 Å². The third-order valence-corrected chi connectivity index (χ3v) is 3.94. The van der Waals surface area contributed by atoms with Crippen LogP contribution in [0.4, 0.5) is 5.69 Å². The van der Waals surface area contributed by atoms with Gasteiger partial charge in [-0.05, 0) is 35.4 Å². The van der Waals surface area contributed by atoms with Crippen LogP contribution in [-0.2, 0) is 0 Å². The molecule has 0 N–H and O–H groups in total. The fourth-order valence-corrected chi connectivity index (χ4v) is 2.49. The first-order chi connectivity index (χ1) is 12.2. The molecule has 0 aliphatic carbocycles.